The van der Waals surface area contributed by atoms with Gasteiger partial charge in [-0.15, -0.1) is 0 Å². The van der Waals surface area contributed by atoms with Crippen LogP contribution in [0.1, 0.15) is 48.6 Å². The van der Waals surface area contributed by atoms with Crippen LogP contribution in [0.3, 0.4) is 0 Å². The maximum absolute atomic E-state index is 5.68. The van der Waals surface area contributed by atoms with Crippen molar-refractivity contribution >= 4 is 15.9 Å². The van der Waals surface area contributed by atoms with E-state index in [1.807, 2.05) is 7.11 Å². The van der Waals surface area contributed by atoms with Crippen LogP contribution in [0.2, 0.25) is 0 Å². The first-order chi connectivity index (χ1) is 8.19. The zero-order valence-electron chi connectivity index (χ0n) is 10.7. The predicted octanol–water partition coefficient (Wildman–Crippen LogP) is 4.64. The Labute approximate surface area is 113 Å². The van der Waals surface area contributed by atoms with Crippen molar-refractivity contribution in [2.75, 3.05) is 7.11 Å². The molecule has 1 unspecified atom stereocenters. The molecule has 1 fully saturated rings. The number of alkyl halides is 1. The molecule has 0 aromatic heterocycles. The summed E-state index contributed by atoms with van der Waals surface area (Å²) in [5, 5.41) is 0. The molecule has 1 saturated carbocycles. The van der Waals surface area contributed by atoms with Gasteiger partial charge in [-0.2, -0.15) is 0 Å². The molecule has 0 saturated heterocycles. The van der Waals surface area contributed by atoms with E-state index in [0.29, 0.717) is 4.83 Å². The molecule has 94 valence electrons. The molecular weight excluding hydrogens is 276 g/mol. The molecule has 2 rings (SSSR count). The minimum absolute atomic E-state index is 0.137. The number of aryl methyl sites for hydroxylation is 1. The number of methoxy groups -OCH3 is 1. The van der Waals surface area contributed by atoms with Crippen molar-refractivity contribution in [2.45, 2.75) is 49.5 Å². The SMILES string of the molecule is CCc1ccc(C(Br)CC2(OC)CCC2)cc1. The van der Waals surface area contributed by atoms with Gasteiger partial charge < -0.3 is 4.74 Å². The highest BCUT2D eigenvalue weighted by Crippen LogP contribution is 2.44. The molecule has 1 aromatic rings. The van der Waals surface area contributed by atoms with Crippen molar-refractivity contribution in [1.29, 1.82) is 0 Å². The van der Waals surface area contributed by atoms with Gasteiger partial charge in [0.1, 0.15) is 0 Å². The van der Waals surface area contributed by atoms with E-state index < -0.39 is 0 Å². The molecule has 1 aliphatic carbocycles. The van der Waals surface area contributed by atoms with Crippen LogP contribution in [0, 0.1) is 0 Å². The van der Waals surface area contributed by atoms with Gasteiger partial charge in [0.25, 0.3) is 0 Å². The lowest BCUT2D eigenvalue weighted by atomic mass is 9.76. The zero-order valence-corrected chi connectivity index (χ0v) is 12.3. The molecule has 2 heteroatoms. The molecule has 1 aliphatic rings. The number of benzene rings is 1. The van der Waals surface area contributed by atoms with E-state index in [1.165, 1.54) is 30.4 Å². The highest BCUT2D eigenvalue weighted by atomic mass is 79.9. The van der Waals surface area contributed by atoms with Gasteiger partial charge in [-0.05, 0) is 43.2 Å². The third kappa shape index (κ3) is 2.92. The Kier molecular flexibility index (Phi) is 4.26. The van der Waals surface area contributed by atoms with Crippen LogP contribution in [-0.4, -0.2) is 12.7 Å². The normalized spacial score (nSPS) is 19.7. The fourth-order valence-electron chi connectivity index (χ4n) is 2.47. The van der Waals surface area contributed by atoms with Crippen molar-refractivity contribution in [3.8, 4) is 0 Å². The Morgan fingerprint density at radius 1 is 1.29 bits per heavy atom. The molecule has 1 atom stereocenters. The predicted molar refractivity (Wildman–Crippen MR) is 75.7 cm³/mol. The number of hydrogen-bond donors (Lipinski definition) is 0. The van der Waals surface area contributed by atoms with Crippen LogP contribution in [0.25, 0.3) is 0 Å². The highest BCUT2D eigenvalue weighted by molar-refractivity contribution is 9.09. The Morgan fingerprint density at radius 2 is 1.94 bits per heavy atom. The topological polar surface area (TPSA) is 9.23 Å². The molecule has 0 N–H and O–H groups in total. The van der Waals surface area contributed by atoms with Gasteiger partial charge in [0.2, 0.25) is 0 Å². The Bertz CT molecular complexity index is 348. The van der Waals surface area contributed by atoms with Crippen LogP contribution in [-0.2, 0) is 11.2 Å². The van der Waals surface area contributed by atoms with Crippen LogP contribution in [0.5, 0.6) is 0 Å². The minimum atomic E-state index is 0.137. The molecule has 0 amide bonds. The second-order valence-corrected chi connectivity index (χ2v) is 6.11. The average molecular weight is 297 g/mol. The summed E-state index contributed by atoms with van der Waals surface area (Å²) in [4.78, 5) is 0.411. The van der Waals surface area contributed by atoms with Crippen molar-refractivity contribution < 1.29 is 4.74 Å². The van der Waals surface area contributed by atoms with Gasteiger partial charge >= 0.3 is 0 Å². The van der Waals surface area contributed by atoms with E-state index in [4.69, 9.17) is 4.74 Å². The molecule has 1 aromatic carbocycles. The summed E-state index contributed by atoms with van der Waals surface area (Å²) in [6.45, 7) is 2.19. The third-order valence-electron chi connectivity index (χ3n) is 4.00. The molecule has 1 nitrogen and oxygen atoms in total. The van der Waals surface area contributed by atoms with Crippen molar-refractivity contribution in [1.82, 2.24) is 0 Å². The number of hydrogen-bond acceptors (Lipinski definition) is 1. The van der Waals surface area contributed by atoms with E-state index in [-0.39, 0.29) is 5.60 Å². The van der Waals surface area contributed by atoms with E-state index in [0.717, 1.165) is 12.8 Å². The number of rotatable bonds is 5. The molecule has 0 radical (unpaired) electrons. The quantitative estimate of drug-likeness (QED) is 0.719. The second kappa shape index (κ2) is 5.53. The van der Waals surface area contributed by atoms with Crippen LogP contribution in [0.15, 0.2) is 24.3 Å². The van der Waals surface area contributed by atoms with E-state index in [9.17, 15) is 0 Å². The number of ether oxygens (including phenoxy) is 1. The Balaban J connectivity index is 2.01. The maximum Gasteiger partial charge on any atom is 0.0692 e. The summed E-state index contributed by atoms with van der Waals surface area (Å²) in [6.07, 6.45) is 5.91. The lowest BCUT2D eigenvalue weighted by Gasteiger charge is -2.42. The van der Waals surface area contributed by atoms with E-state index in [1.54, 1.807) is 0 Å². The smallest absolute Gasteiger partial charge is 0.0692 e. The molecule has 0 bridgehead atoms. The van der Waals surface area contributed by atoms with Gasteiger partial charge in [-0.1, -0.05) is 47.1 Å². The van der Waals surface area contributed by atoms with Crippen molar-refractivity contribution in [3.05, 3.63) is 35.4 Å². The molecule has 17 heavy (non-hydrogen) atoms. The standard InChI is InChI=1S/C15H21BrO/c1-3-12-5-7-13(8-6-12)14(16)11-15(17-2)9-4-10-15/h5-8,14H,3-4,9-11H2,1-2H3. The first-order valence-corrected chi connectivity index (χ1v) is 7.39. The monoisotopic (exact) mass is 296 g/mol. The summed E-state index contributed by atoms with van der Waals surface area (Å²) in [5.74, 6) is 0. The minimum Gasteiger partial charge on any atom is -0.378 e. The highest BCUT2D eigenvalue weighted by Gasteiger charge is 2.38. The van der Waals surface area contributed by atoms with Gasteiger partial charge in [0.05, 0.1) is 5.60 Å². The van der Waals surface area contributed by atoms with Gasteiger partial charge in [0.15, 0.2) is 0 Å². The number of halogens is 1. The molecule has 0 heterocycles. The molecule has 0 spiro atoms. The van der Waals surface area contributed by atoms with Gasteiger partial charge in [-0.25, -0.2) is 0 Å². The summed E-state index contributed by atoms with van der Waals surface area (Å²) < 4.78 is 5.68. The summed E-state index contributed by atoms with van der Waals surface area (Å²) >= 11 is 3.80. The van der Waals surface area contributed by atoms with Crippen LogP contribution < -0.4 is 0 Å². The van der Waals surface area contributed by atoms with E-state index in [2.05, 4.69) is 47.1 Å². The maximum atomic E-state index is 5.68. The second-order valence-electron chi connectivity index (χ2n) is 5.01. The Hall–Kier alpha value is -0.340. The fraction of sp³-hybridized carbons (Fsp3) is 0.600. The van der Waals surface area contributed by atoms with Crippen molar-refractivity contribution in [3.63, 3.8) is 0 Å². The van der Waals surface area contributed by atoms with Gasteiger partial charge in [-0.3, -0.25) is 0 Å². The largest absolute Gasteiger partial charge is 0.378 e. The lowest BCUT2D eigenvalue weighted by Crippen LogP contribution is -2.39. The first kappa shape index (κ1) is 13.1. The zero-order chi connectivity index (χ0) is 12.3. The third-order valence-corrected chi connectivity index (χ3v) is 4.85. The lowest BCUT2D eigenvalue weighted by molar-refractivity contribution is -0.0773. The van der Waals surface area contributed by atoms with E-state index >= 15 is 0 Å². The van der Waals surface area contributed by atoms with Gasteiger partial charge in [0, 0.05) is 11.9 Å². The summed E-state index contributed by atoms with van der Waals surface area (Å²) in [6, 6.07) is 8.92. The van der Waals surface area contributed by atoms with Crippen molar-refractivity contribution in [2.24, 2.45) is 0 Å². The average Bonchev–Trinajstić information content (AvgIpc) is 2.33. The molecular formula is C15H21BrO. The fourth-order valence-corrected chi connectivity index (χ4v) is 3.36. The summed E-state index contributed by atoms with van der Waals surface area (Å²) in [5.41, 5.74) is 2.90. The van der Waals surface area contributed by atoms with Crippen LogP contribution in [0.4, 0.5) is 0 Å². The Morgan fingerprint density at radius 3 is 2.35 bits per heavy atom. The first-order valence-electron chi connectivity index (χ1n) is 6.47. The van der Waals surface area contributed by atoms with Crippen LogP contribution >= 0.6 is 15.9 Å². The molecule has 0 aliphatic heterocycles. The summed E-state index contributed by atoms with van der Waals surface area (Å²) in [7, 11) is 1.85.